The van der Waals surface area contributed by atoms with Gasteiger partial charge in [-0.3, -0.25) is 0 Å². The zero-order valence-electron chi connectivity index (χ0n) is 7.25. The summed E-state index contributed by atoms with van der Waals surface area (Å²) < 4.78 is 5.23. The highest BCUT2D eigenvalue weighted by Crippen LogP contribution is 2.41. The fraction of sp³-hybridized carbons (Fsp3) is 0.636. The molecule has 64 valence electrons. The third kappa shape index (κ3) is 0.855. The van der Waals surface area contributed by atoms with Crippen LogP contribution in [0.4, 0.5) is 0 Å². The quantitative estimate of drug-likeness (QED) is 0.571. The first-order valence-electron chi connectivity index (χ1n) is 4.97. The van der Waals surface area contributed by atoms with Crippen molar-refractivity contribution in [2.75, 3.05) is 0 Å². The van der Waals surface area contributed by atoms with Gasteiger partial charge >= 0.3 is 0 Å². The molecule has 2 unspecified atom stereocenters. The van der Waals surface area contributed by atoms with Crippen molar-refractivity contribution in [3.8, 4) is 0 Å². The molecule has 12 heavy (non-hydrogen) atoms. The van der Waals surface area contributed by atoms with Crippen LogP contribution in [0, 0.1) is 11.8 Å². The highest BCUT2D eigenvalue weighted by atomic mass is 16.3. The molecule has 1 aromatic rings. The van der Waals surface area contributed by atoms with Gasteiger partial charge < -0.3 is 4.42 Å². The molecule has 0 radical (unpaired) electrons. The van der Waals surface area contributed by atoms with Crippen LogP contribution in [0.15, 0.2) is 16.9 Å². The van der Waals surface area contributed by atoms with Gasteiger partial charge in [-0.25, -0.2) is 0 Å². The molecule has 2 aliphatic rings. The smallest absolute Gasteiger partial charge is 0.0937 e. The molecule has 0 aliphatic heterocycles. The van der Waals surface area contributed by atoms with E-state index >= 15 is 0 Å². The number of hydrogen-bond acceptors (Lipinski definition) is 1. The van der Waals surface area contributed by atoms with Crippen LogP contribution < -0.4 is 0 Å². The molecular weight excluding hydrogens is 148 g/mol. The maximum atomic E-state index is 5.23. The van der Waals surface area contributed by atoms with Crippen LogP contribution in [0.3, 0.4) is 0 Å². The van der Waals surface area contributed by atoms with Gasteiger partial charge in [-0.15, -0.1) is 0 Å². The van der Waals surface area contributed by atoms with Crippen molar-refractivity contribution in [3.63, 3.8) is 0 Å². The molecule has 1 heteroatoms. The third-order valence-corrected chi connectivity index (χ3v) is 3.61. The highest BCUT2D eigenvalue weighted by Gasteiger charge is 2.32. The number of fused-ring (bicyclic) bond motifs is 2. The van der Waals surface area contributed by atoms with Crippen molar-refractivity contribution in [2.45, 2.75) is 32.1 Å². The molecule has 1 saturated carbocycles. The molecular formula is C11H14O. The summed E-state index contributed by atoms with van der Waals surface area (Å²) in [5, 5.41) is 0. The summed E-state index contributed by atoms with van der Waals surface area (Å²) in [5.41, 5.74) is 2.97. The summed E-state index contributed by atoms with van der Waals surface area (Å²) in [6.07, 6.45) is 10.8. The minimum Gasteiger partial charge on any atom is -0.472 e. The largest absolute Gasteiger partial charge is 0.472 e. The van der Waals surface area contributed by atoms with Crippen molar-refractivity contribution in [1.29, 1.82) is 0 Å². The Kier molecular flexibility index (Phi) is 1.34. The minimum atomic E-state index is 0.982. The van der Waals surface area contributed by atoms with Crippen LogP contribution >= 0.6 is 0 Å². The topological polar surface area (TPSA) is 13.1 Å². The maximum absolute atomic E-state index is 5.23. The van der Waals surface area contributed by atoms with E-state index in [0.717, 1.165) is 11.8 Å². The van der Waals surface area contributed by atoms with Crippen LogP contribution in [0.5, 0.6) is 0 Å². The van der Waals surface area contributed by atoms with Crippen molar-refractivity contribution in [1.82, 2.24) is 0 Å². The monoisotopic (exact) mass is 162 g/mol. The Hall–Kier alpha value is -0.720. The molecule has 0 N–H and O–H groups in total. The van der Waals surface area contributed by atoms with Gasteiger partial charge in [-0.2, -0.15) is 0 Å². The first kappa shape index (κ1) is 6.76. The molecule has 2 aliphatic carbocycles. The predicted octanol–water partition coefficient (Wildman–Crippen LogP) is 2.79. The Morgan fingerprint density at radius 2 is 1.58 bits per heavy atom. The Labute approximate surface area is 72.8 Å². The van der Waals surface area contributed by atoms with Crippen molar-refractivity contribution in [3.05, 3.63) is 23.7 Å². The molecule has 2 atom stereocenters. The van der Waals surface area contributed by atoms with Gasteiger partial charge in [0.15, 0.2) is 0 Å². The average molecular weight is 162 g/mol. The van der Waals surface area contributed by atoms with Gasteiger partial charge in [0, 0.05) is 0 Å². The van der Waals surface area contributed by atoms with Crippen molar-refractivity contribution in [2.24, 2.45) is 11.8 Å². The first-order chi connectivity index (χ1) is 5.93. The van der Waals surface area contributed by atoms with E-state index in [1.54, 1.807) is 0 Å². The summed E-state index contributed by atoms with van der Waals surface area (Å²) in [4.78, 5) is 0. The van der Waals surface area contributed by atoms with E-state index in [1.165, 1.54) is 43.2 Å². The van der Waals surface area contributed by atoms with E-state index in [1.807, 2.05) is 12.5 Å². The lowest BCUT2D eigenvalue weighted by Crippen LogP contribution is -2.19. The van der Waals surface area contributed by atoms with Gasteiger partial charge in [0.2, 0.25) is 0 Å². The molecule has 0 saturated heterocycles. The summed E-state index contributed by atoms with van der Waals surface area (Å²) in [6, 6.07) is 0. The van der Waals surface area contributed by atoms with E-state index in [0.29, 0.717) is 0 Å². The lowest BCUT2D eigenvalue weighted by molar-refractivity contribution is 0.362. The fourth-order valence-electron chi connectivity index (χ4n) is 2.92. The SMILES string of the molecule is c1occ2c1CC1CCCC1C2. The predicted molar refractivity (Wildman–Crippen MR) is 46.9 cm³/mol. The number of furan rings is 1. The molecule has 0 bridgehead atoms. The van der Waals surface area contributed by atoms with Crippen molar-refractivity contribution >= 4 is 0 Å². The Balaban J connectivity index is 1.95. The summed E-state index contributed by atoms with van der Waals surface area (Å²) in [5.74, 6) is 1.96. The zero-order chi connectivity index (χ0) is 7.97. The number of hydrogen-bond donors (Lipinski definition) is 0. The maximum Gasteiger partial charge on any atom is 0.0937 e. The molecule has 1 aromatic heterocycles. The van der Waals surface area contributed by atoms with Crippen LogP contribution in [0.25, 0.3) is 0 Å². The Morgan fingerprint density at radius 3 is 2.17 bits per heavy atom. The summed E-state index contributed by atoms with van der Waals surface area (Å²) in [6.45, 7) is 0. The number of rotatable bonds is 0. The zero-order valence-corrected chi connectivity index (χ0v) is 7.25. The lowest BCUT2D eigenvalue weighted by Gasteiger charge is -2.24. The van der Waals surface area contributed by atoms with E-state index < -0.39 is 0 Å². The van der Waals surface area contributed by atoms with Crippen LogP contribution in [0.1, 0.15) is 30.4 Å². The Bertz CT molecular complexity index is 260. The average Bonchev–Trinajstić information content (AvgIpc) is 2.64. The van der Waals surface area contributed by atoms with E-state index in [2.05, 4.69) is 0 Å². The fourth-order valence-corrected chi connectivity index (χ4v) is 2.92. The van der Waals surface area contributed by atoms with Crippen molar-refractivity contribution < 1.29 is 4.42 Å². The first-order valence-corrected chi connectivity index (χ1v) is 4.97. The summed E-state index contributed by atoms with van der Waals surface area (Å²) in [7, 11) is 0. The normalized spacial score (nSPS) is 33.0. The van der Waals surface area contributed by atoms with E-state index in [9.17, 15) is 0 Å². The third-order valence-electron chi connectivity index (χ3n) is 3.61. The Morgan fingerprint density at radius 1 is 1.00 bits per heavy atom. The highest BCUT2D eigenvalue weighted by molar-refractivity contribution is 5.25. The second-order valence-corrected chi connectivity index (χ2v) is 4.28. The summed E-state index contributed by atoms with van der Waals surface area (Å²) >= 11 is 0. The second-order valence-electron chi connectivity index (χ2n) is 4.28. The van der Waals surface area contributed by atoms with E-state index in [-0.39, 0.29) is 0 Å². The molecule has 0 amide bonds. The van der Waals surface area contributed by atoms with Crippen LogP contribution in [-0.2, 0) is 12.8 Å². The van der Waals surface area contributed by atoms with Gasteiger partial charge in [-0.1, -0.05) is 6.42 Å². The van der Waals surface area contributed by atoms with Gasteiger partial charge in [0.05, 0.1) is 12.5 Å². The molecule has 1 nitrogen and oxygen atoms in total. The van der Waals surface area contributed by atoms with Gasteiger partial charge in [-0.05, 0) is 48.6 Å². The molecule has 3 rings (SSSR count). The van der Waals surface area contributed by atoms with Crippen LogP contribution in [0.2, 0.25) is 0 Å². The molecule has 0 spiro atoms. The standard InChI is InChI=1S/C11H14O/c1-2-8-4-10-6-12-7-11(10)5-9(8)3-1/h6-9H,1-5H2. The molecule has 1 fully saturated rings. The lowest BCUT2D eigenvalue weighted by atomic mass is 9.80. The van der Waals surface area contributed by atoms with Gasteiger partial charge in [0.1, 0.15) is 0 Å². The molecule has 1 heterocycles. The second kappa shape index (κ2) is 2.38. The van der Waals surface area contributed by atoms with E-state index in [4.69, 9.17) is 4.42 Å². The van der Waals surface area contributed by atoms with Gasteiger partial charge in [0.25, 0.3) is 0 Å². The molecule has 0 aromatic carbocycles. The minimum absolute atomic E-state index is 0.982. The van der Waals surface area contributed by atoms with Crippen LogP contribution in [-0.4, -0.2) is 0 Å².